The fraction of sp³-hybridized carbons (Fsp3) is 0.125. The molecule has 0 atom stereocenters. The van der Waals surface area contributed by atoms with Gasteiger partial charge in [-0.05, 0) is 6.07 Å². The van der Waals surface area contributed by atoms with E-state index in [1.807, 2.05) is 0 Å². The van der Waals surface area contributed by atoms with Crippen molar-refractivity contribution in [2.24, 2.45) is 0 Å². The Balaban J connectivity index is 2.91. The first-order valence-corrected chi connectivity index (χ1v) is 3.09. The number of halogens is 2. The van der Waals surface area contributed by atoms with Gasteiger partial charge in [0, 0.05) is 6.07 Å². The minimum absolute atomic E-state index is 0.0535. The van der Waals surface area contributed by atoms with E-state index in [9.17, 15) is 8.78 Å². The van der Waals surface area contributed by atoms with E-state index in [-0.39, 0.29) is 11.3 Å². The summed E-state index contributed by atoms with van der Waals surface area (Å²) in [6, 6.07) is 8.42. The maximum Gasteiger partial charge on any atom is 0.387 e. The molecule has 0 saturated carbocycles. The van der Waals surface area contributed by atoms with Crippen LogP contribution in [0.25, 0.3) is 0 Å². The molecule has 0 heterocycles. The smallest absolute Gasteiger partial charge is 0.387 e. The largest absolute Gasteiger partial charge is 0.433 e. The second-order valence-corrected chi connectivity index (χ2v) is 1.90. The molecular formula is C8H4F2NO. The third-order valence-corrected chi connectivity index (χ3v) is 1.15. The highest BCUT2D eigenvalue weighted by Crippen LogP contribution is 2.17. The summed E-state index contributed by atoms with van der Waals surface area (Å²) < 4.78 is 27.4. The quantitative estimate of drug-likeness (QED) is 0.676. The molecule has 61 valence electrons. The molecule has 4 heteroatoms. The van der Waals surface area contributed by atoms with E-state index in [1.54, 1.807) is 6.07 Å². The molecule has 0 aromatic heterocycles. The van der Waals surface area contributed by atoms with E-state index in [2.05, 4.69) is 10.8 Å². The lowest BCUT2D eigenvalue weighted by molar-refractivity contribution is -0.0502. The van der Waals surface area contributed by atoms with Crippen molar-refractivity contribution in [1.29, 1.82) is 5.26 Å². The minimum Gasteiger partial charge on any atom is -0.433 e. The minimum atomic E-state index is -2.92. The Labute approximate surface area is 68.0 Å². The number of nitrogens with zero attached hydrogens (tertiary/aromatic N) is 1. The number of alkyl halides is 2. The lowest BCUT2D eigenvalue weighted by Gasteiger charge is -2.03. The Morgan fingerprint density at radius 2 is 2.33 bits per heavy atom. The summed E-state index contributed by atoms with van der Waals surface area (Å²) in [7, 11) is 0. The fourth-order valence-electron chi connectivity index (χ4n) is 0.696. The van der Waals surface area contributed by atoms with Gasteiger partial charge in [0.25, 0.3) is 0 Å². The molecule has 0 aliphatic rings. The van der Waals surface area contributed by atoms with Gasteiger partial charge in [0.05, 0.1) is 5.56 Å². The third kappa shape index (κ3) is 1.92. The van der Waals surface area contributed by atoms with Gasteiger partial charge in [-0.25, -0.2) is 0 Å². The molecule has 0 N–H and O–H groups in total. The maximum absolute atomic E-state index is 11.7. The summed E-state index contributed by atoms with van der Waals surface area (Å²) in [5.41, 5.74) is 0.0535. The van der Waals surface area contributed by atoms with Crippen LogP contribution in [0.1, 0.15) is 5.56 Å². The van der Waals surface area contributed by atoms with Gasteiger partial charge in [-0.2, -0.15) is 14.0 Å². The van der Waals surface area contributed by atoms with Crippen LogP contribution in [0.15, 0.2) is 18.2 Å². The molecule has 2 nitrogen and oxygen atoms in total. The van der Waals surface area contributed by atoms with Crippen LogP contribution in [0.4, 0.5) is 8.78 Å². The topological polar surface area (TPSA) is 33.0 Å². The molecule has 0 bridgehead atoms. The normalized spacial score (nSPS) is 9.50. The van der Waals surface area contributed by atoms with E-state index in [1.165, 1.54) is 18.2 Å². The highest BCUT2D eigenvalue weighted by atomic mass is 19.3. The van der Waals surface area contributed by atoms with Gasteiger partial charge in [-0.1, -0.05) is 12.1 Å². The standard InChI is InChI=1S/C8H4F2NO/c9-8(10)12-7-4-2-1-3-6(7)5-11/h1-3,8H. The zero-order valence-corrected chi connectivity index (χ0v) is 5.92. The van der Waals surface area contributed by atoms with Crippen molar-refractivity contribution >= 4 is 0 Å². The van der Waals surface area contributed by atoms with E-state index in [0.29, 0.717) is 0 Å². The number of nitriles is 1. The number of rotatable bonds is 2. The highest BCUT2D eigenvalue weighted by molar-refractivity contribution is 5.41. The van der Waals surface area contributed by atoms with Crippen molar-refractivity contribution in [1.82, 2.24) is 0 Å². The van der Waals surface area contributed by atoms with Crippen molar-refractivity contribution in [3.05, 3.63) is 29.8 Å². The van der Waals surface area contributed by atoms with Crippen molar-refractivity contribution in [3.63, 3.8) is 0 Å². The number of benzene rings is 1. The molecule has 1 aromatic carbocycles. The number of hydrogen-bond acceptors (Lipinski definition) is 2. The summed E-state index contributed by atoms with van der Waals surface area (Å²) in [5.74, 6) is -0.213. The number of para-hydroxylation sites is 1. The maximum atomic E-state index is 11.7. The second kappa shape index (κ2) is 3.67. The molecule has 0 aliphatic carbocycles. The Bertz CT molecular complexity index is 306. The summed E-state index contributed by atoms with van der Waals surface area (Å²) in [6.07, 6.45) is 0. The molecular weight excluding hydrogens is 164 g/mol. The van der Waals surface area contributed by atoms with E-state index >= 15 is 0 Å². The average Bonchev–Trinajstić information content (AvgIpc) is 2.04. The van der Waals surface area contributed by atoms with Crippen molar-refractivity contribution < 1.29 is 13.5 Å². The first-order valence-electron chi connectivity index (χ1n) is 3.09. The molecule has 1 rings (SSSR count). The van der Waals surface area contributed by atoms with Crippen LogP contribution in [0, 0.1) is 17.4 Å². The predicted octanol–water partition coefficient (Wildman–Crippen LogP) is 1.96. The first kappa shape index (κ1) is 8.47. The Kier molecular flexibility index (Phi) is 2.59. The fourth-order valence-corrected chi connectivity index (χ4v) is 0.696. The summed E-state index contributed by atoms with van der Waals surface area (Å²) >= 11 is 0. The van der Waals surface area contributed by atoms with Gasteiger partial charge < -0.3 is 4.74 Å². The van der Waals surface area contributed by atoms with Gasteiger partial charge in [0.2, 0.25) is 0 Å². The molecule has 0 fully saturated rings. The zero-order valence-electron chi connectivity index (χ0n) is 5.92. The summed E-state index contributed by atoms with van der Waals surface area (Å²) in [4.78, 5) is 0. The van der Waals surface area contributed by atoms with Crippen molar-refractivity contribution in [2.45, 2.75) is 6.61 Å². The van der Waals surface area contributed by atoms with Crippen LogP contribution in [0.5, 0.6) is 5.75 Å². The Morgan fingerprint density at radius 1 is 1.58 bits per heavy atom. The molecule has 0 aliphatic heterocycles. The molecule has 1 aromatic rings. The average molecular weight is 168 g/mol. The highest BCUT2D eigenvalue weighted by Gasteiger charge is 2.07. The molecule has 12 heavy (non-hydrogen) atoms. The van der Waals surface area contributed by atoms with Crippen LogP contribution < -0.4 is 4.74 Å². The van der Waals surface area contributed by atoms with Gasteiger partial charge in [0.15, 0.2) is 5.75 Å². The van der Waals surface area contributed by atoms with E-state index < -0.39 is 6.61 Å². The van der Waals surface area contributed by atoms with Crippen LogP contribution in [-0.4, -0.2) is 6.61 Å². The lowest BCUT2D eigenvalue weighted by Crippen LogP contribution is -2.03. The van der Waals surface area contributed by atoms with Crippen LogP contribution in [0.2, 0.25) is 0 Å². The second-order valence-electron chi connectivity index (χ2n) is 1.90. The Hall–Kier alpha value is -1.63. The van der Waals surface area contributed by atoms with Gasteiger partial charge in [0.1, 0.15) is 6.07 Å². The van der Waals surface area contributed by atoms with E-state index in [4.69, 9.17) is 5.26 Å². The van der Waals surface area contributed by atoms with Crippen LogP contribution in [0.3, 0.4) is 0 Å². The first-order chi connectivity index (χ1) is 5.74. The molecule has 1 radical (unpaired) electrons. The molecule has 0 amide bonds. The summed E-state index contributed by atoms with van der Waals surface area (Å²) in [5, 5.41) is 8.44. The van der Waals surface area contributed by atoms with Gasteiger partial charge >= 0.3 is 6.61 Å². The molecule has 0 saturated heterocycles. The van der Waals surface area contributed by atoms with E-state index in [0.717, 1.165) is 0 Å². The molecule has 0 unspecified atom stereocenters. The van der Waals surface area contributed by atoms with Gasteiger partial charge in [-0.15, -0.1) is 0 Å². The number of ether oxygens (including phenoxy) is 1. The summed E-state index contributed by atoms with van der Waals surface area (Å²) in [6.45, 7) is -2.92. The monoisotopic (exact) mass is 168 g/mol. The predicted molar refractivity (Wildman–Crippen MR) is 36.6 cm³/mol. The van der Waals surface area contributed by atoms with Crippen LogP contribution in [-0.2, 0) is 0 Å². The van der Waals surface area contributed by atoms with Crippen molar-refractivity contribution in [2.75, 3.05) is 0 Å². The SMILES string of the molecule is N#Cc1ccc[c]c1OC(F)F. The van der Waals surface area contributed by atoms with Gasteiger partial charge in [-0.3, -0.25) is 0 Å². The Morgan fingerprint density at radius 3 is 2.92 bits per heavy atom. The molecule has 0 spiro atoms. The zero-order chi connectivity index (χ0) is 8.97. The van der Waals surface area contributed by atoms with Crippen molar-refractivity contribution in [3.8, 4) is 11.8 Å². The lowest BCUT2D eigenvalue weighted by atomic mass is 10.2. The third-order valence-electron chi connectivity index (χ3n) is 1.15. The van der Waals surface area contributed by atoms with Crippen LogP contribution >= 0.6 is 0 Å². The number of hydrogen-bond donors (Lipinski definition) is 0.